The number of aliphatic carboxylic acids is 1. The lowest BCUT2D eigenvalue weighted by Crippen LogP contribution is -2.54. The largest absolute Gasteiger partial charge is 0.482 e. The number of H-pyrrole nitrogens is 1. The molecule has 0 radical (unpaired) electrons. The summed E-state index contributed by atoms with van der Waals surface area (Å²) >= 11 is 0. The lowest BCUT2D eigenvalue weighted by molar-refractivity contribution is -0.139. The molecular formula is C23H27N5O4. The number of benzene rings is 1. The molecule has 3 aromatic rings. The zero-order chi connectivity index (χ0) is 22.7. The van der Waals surface area contributed by atoms with Gasteiger partial charge in [-0.3, -0.25) is 0 Å². The number of aromatic nitrogens is 2. The van der Waals surface area contributed by atoms with Crippen molar-refractivity contribution < 1.29 is 19.4 Å². The topological polar surface area (TPSA) is 102 Å². The smallest absolute Gasteiger partial charge is 0.341 e. The average Bonchev–Trinajstić information content (AvgIpc) is 3.25. The second-order valence-corrected chi connectivity index (χ2v) is 7.79. The van der Waals surface area contributed by atoms with Gasteiger partial charge in [0, 0.05) is 50.3 Å². The maximum atomic E-state index is 12.0. The quantitative estimate of drug-likeness (QED) is 0.518. The fourth-order valence-electron chi connectivity index (χ4n) is 4.00. The summed E-state index contributed by atoms with van der Waals surface area (Å²) in [6, 6.07) is 11.0. The third-order valence-corrected chi connectivity index (χ3v) is 5.78. The van der Waals surface area contributed by atoms with Crippen LogP contribution in [0.5, 0.6) is 5.75 Å². The molecule has 0 aliphatic carbocycles. The number of hydrogen-bond acceptors (Lipinski definition) is 7. The average molecular weight is 438 g/mol. The Morgan fingerprint density at radius 1 is 1.34 bits per heavy atom. The molecule has 2 N–H and O–H groups in total. The van der Waals surface area contributed by atoms with Crippen LogP contribution in [0.25, 0.3) is 10.9 Å². The van der Waals surface area contributed by atoms with E-state index in [1.54, 1.807) is 18.3 Å². The fraction of sp³-hybridized carbons (Fsp3) is 0.348. The third kappa shape index (κ3) is 4.32. The summed E-state index contributed by atoms with van der Waals surface area (Å²) in [5.41, 5.74) is 1.94. The van der Waals surface area contributed by atoms with Crippen molar-refractivity contribution in [1.82, 2.24) is 9.97 Å². The standard InChI is InChI=1S/C23H27N5O4/c1-3-26(2)20-5-4-8-24-23(20)27-9-10-28(17(13-27)14-29)21-12-16-11-18(32-15-22(30)31)6-7-19(16)25-21/h4-8,11-12,14,17,25H,3,9-10,13,15H2,1-2H3,(H,30,31). The summed E-state index contributed by atoms with van der Waals surface area (Å²) < 4.78 is 5.27. The Bertz CT molecular complexity index is 1110. The van der Waals surface area contributed by atoms with Gasteiger partial charge in [0.05, 0.1) is 5.69 Å². The van der Waals surface area contributed by atoms with Gasteiger partial charge in [-0.15, -0.1) is 0 Å². The second-order valence-electron chi connectivity index (χ2n) is 7.79. The zero-order valence-electron chi connectivity index (χ0n) is 18.2. The van der Waals surface area contributed by atoms with Crippen LogP contribution in [0.4, 0.5) is 17.3 Å². The lowest BCUT2D eigenvalue weighted by atomic mass is 10.1. The molecule has 3 heterocycles. The maximum absolute atomic E-state index is 12.0. The number of carboxylic acids is 1. The summed E-state index contributed by atoms with van der Waals surface area (Å²) in [4.78, 5) is 37.1. The van der Waals surface area contributed by atoms with E-state index in [4.69, 9.17) is 9.84 Å². The molecular weight excluding hydrogens is 410 g/mol. The fourth-order valence-corrected chi connectivity index (χ4v) is 4.00. The van der Waals surface area contributed by atoms with Crippen LogP contribution in [0.3, 0.4) is 0 Å². The minimum atomic E-state index is -1.02. The van der Waals surface area contributed by atoms with E-state index in [9.17, 15) is 9.59 Å². The predicted molar refractivity (Wildman–Crippen MR) is 124 cm³/mol. The van der Waals surface area contributed by atoms with Crippen molar-refractivity contribution in [2.24, 2.45) is 0 Å². The number of anilines is 3. The van der Waals surface area contributed by atoms with Crippen molar-refractivity contribution in [2.75, 3.05) is 54.5 Å². The normalized spacial score (nSPS) is 16.2. The van der Waals surface area contributed by atoms with Crippen molar-refractivity contribution in [3.63, 3.8) is 0 Å². The van der Waals surface area contributed by atoms with E-state index in [1.165, 1.54) is 0 Å². The number of carbonyl (C=O) groups excluding carboxylic acids is 1. The first kappa shape index (κ1) is 21.5. The van der Waals surface area contributed by atoms with Gasteiger partial charge in [-0.25, -0.2) is 9.78 Å². The van der Waals surface area contributed by atoms with Gasteiger partial charge in [-0.1, -0.05) is 0 Å². The van der Waals surface area contributed by atoms with Crippen LogP contribution in [-0.4, -0.2) is 73.2 Å². The van der Waals surface area contributed by atoms with E-state index < -0.39 is 5.97 Å². The number of nitrogens with one attached hydrogen (secondary N) is 1. The van der Waals surface area contributed by atoms with E-state index in [-0.39, 0.29) is 12.6 Å². The van der Waals surface area contributed by atoms with E-state index in [0.717, 1.165) is 47.6 Å². The van der Waals surface area contributed by atoms with Gasteiger partial charge < -0.3 is 34.3 Å². The number of fused-ring (bicyclic) bond motifs is 1. The van der Waals surface area contributed by atoms with Gasteiger partial charge in [-0.05, 0) is 43.3 Å². The van der Waals surface area contributed by atoms with Crippen molar-refractivity contribution in [3.05, 3.63) is 42.6 Å². The first-order valence-electron chi connectivity index (χ1n) is 10.6. The highest BCUT2D eigenvalue weighted by atomic mass is 16.5. The molecule has 0 saturated carbocycles. The van der Waals surface area contributed by atoms with Gasteiger partial charge in [0.25, 0.3) is 0 Å². The van der Waals surface area contributed by atoms with Gasteiger partial charge in [0.2, 0.25) is 0 Å². The predicted octanol–water partition coefficient (Wildman–Crippen LogP) is 2.38. The Balaban J connectivity index is 1.55. The van der Waals surface area contributed by atoms with Crippen LogP contribution in [-0.2, 0) is 9.59 Å². The second kappa shape index (κ2) is 9.17. The Morgan fingerprint density at radius 3 is 2.94 bits per heavy atom. The molecule has 9 heteroatoms. The van der Waals surface area contributed by atoms with Gasteiger partial charge >= 0.3 is 5.97 Å². The SMILES string of the molecule is CCN(C)c1cccnc1N1CCN(c2cc3cc(OCC(=O)O)ccc3[nH]2)C(C=O)C1. The molecule has 0 bridgehead atoms. The zero-order valence-corrected chi connectivity index (χ0v) is 18.2. The number of rotatable bonds is 8. The van der Waals surface area contributed by atoms with Crippen LogP contribution >= 0.6 is 0 Å². The van der Waals surface area contributed by atoms with Gasteiger partial charge in [0.1, 0.15) is 23.9 Å². The maximum Gasteiger partial charge on any atom is 0.341 e. The highest BCUT2D eigenvalue weighted by Crippen LogP contribution is 2.31. The molecule has 4 rings (SSSR count). The highest BCUT2D eigenvalue weighted by molar-refractivity contribution is 5.86. The Hall–Kier alpha value is -3.75. The number of carbonyl (C=O) groups is 2. The number of piperazine rings is 1. The Morgan fingerprint density at radius 2 is 2.19 bits per heavy atom. The summed E-state index contributed by atoms with van der Waals surface area (Å²) in [6.45, 7) is 4.49. The van der Waals surface area contributed by atoms with Crippen molar-refractivity contribution in [1.29, 1.82) is 0 Å². The molecule has 0 amide bonds. The summed E-state index contributed by atoms with van der Waals surface area (Å²) in [5, 5.41) is 9.70. The Labute approximate surface area is 186 Å². The molecule has 1 aromatic carbocycles. The van der Waals surface area contributed by atoms with Crippen molar-refractivity contribution >= 4 is 40.5 Å². The first-order valence-corrected chi connectivity index (χ1v) is 10.6. The van der Waals surface area contributed by atoms with Crippen LogP contribution in [0.2, 0.25) is 0 Å². The number of carboxylic acid groups (broad SMARTS) is 1. The van der Waals surface area contributed by atoms with Crippen LogP contribution < -0.4 is 19.4 Å². The molecule has 1 atom stereocenters. The number of pyridine rings is 1. The first-order chi connectivity index (χ1) is 15.5. The van der Waals surface area contributed by atoms with Crippen LogP contribution in [0.1, 0.15) is 6.92 Å². The lowest BCUT2D eigenvalue weighted by Gasteiger charge is -2.41. The minimum Gasteiger partial charge on any atom is -0.482 e. The Kier molecular flexibility index (Phi) is 6.16. The van der Waals surface area contributed by atoms with E-state index in [1.807, 2.05) is 25.2 Å². The number of hydrogen-bond donors (Lipinski definition) is 2. The number of aromatic amines is 1. The van der Waals surface area contributed by atoms with E-state index >= 15 is 0 Å². The molecule has 1 aliphatic rings. The number of aldehydes is 1. The monoisotopic (exact) mass is 437 g/mol. The third-order valence-electron chi connectivity index (χ3n) is 5.78. The molecule has 0 spiro atoms. The summed E-state index contributed by atoms with van der Waals surface area (Å²) in [7, 11) is 2.03. The molecule has 1 saturated heterocycles. The molecule has 1 unspecified atom stereocenters. The van der Waals surface area contributed by atoms with Gasteiger partial charge in [0.15, 0.2) is 12.4 Å². The molecule has 9 nitrogen and oxygen atoms in total. The molecule has 1 aliphatic heterocycles. The molecule has 1 fully saturated rings. The number of nitrogens with zero attached hydrogens (tertiary/aromatic N) is 4. The van der Waals surface area contributed by atoms with E-state index in [0.29, 0.717) is 18.8 Å². The van der Waals surface area contributed by atoms with Crippen LogP contribution in [0, 0.1) is 0 Å². The van der Waals surface area contributed by atoms with Crippen molar-refractivity contribution in [3.8, 4) is 5.75 Å². The molecule has 32 heavy (non-hydrogen) atoms. The minimum absolute atomic E-state index is 0.332. The highest BCUT2D eigenvalue weighted by Gasteiger charge is 2.30. The number of ether oxygens (including phenoxy) is 1. The molecule has 168 valence electrons. The summed E-state index contributed by atoms with van der Waals surface area (Å²) in [6.07, 6.45) is 2.76. The van der Waals surface area contributed by atoms with E-state index in [2.05, 4.69) is 37.7 Å². The molecule has 2 aromatic heterocycles. The van der Waals surface area contributed by atoms with Gasteiger partial charge in [-0.2, -0.15) is 0 Å². The summed E-state index contributed by atoms with van der Waals surface area (Å²) in [5.74, 6) is 1.21. The van der Waals surface area contributed by atoms with Crippen molar-refractivity contribution in [2.45, 2.75) is 13.0 Å². The van der Waals surface area contributed by atoms with Crippen LogP contribution in [0.15, 0.2) is 42.6 Å².